The third-order valence-corrected chi connectivity index (χ3v) is 2.91. The largest absolute Gasteiger partial charge is 0.494 e. The van der Waals surface area contributed by atoms with Crippen LogP contribution < -0.4 is 15.8 Å². The molecule has 6 nitrogen and oxygen atoms in total. The van der Waals surface area contributed by atoms with Crippen LogP contribution in [0.25, 0.3) is 0 Å². The van der Waals surface area contributed by atoms with Crippen LogP contribution in [0.5, 0.6) is 5.75 Å². The molecule has 106 valence electrons. The van der Waals surface area contributed by atoms with E-state index in [0.717, 1.165) is 5.56 Å². The van der Waals surface area contributed by atoms with Gasteiger partial charge in [-0.3, -0.25) is 0 Å². The maximum Gasteiger partial charge on any atom is 0.338 e. The first-order valence-corrected chi connectivity index (χ1v) is 6.07. The Morgan fingerprint density at radius 1 is 1.40 bits per heavy atom. The second kappa shape index (κ2) is 6.01. The Kier molecular flexibility index (Phi) is 4.14. The SMILES string of the molecule is COC(=O)c1cc(N)c(NCc2cc[nH]c2)c(OC)c1. The molecule has 1 heterocycles. The molecule has 0 radical (unpaired) electrons. The lowest BCUT2D eigenvalue weighted by Gasteiger charge is -2.14. The lowest BCUT2D eigenvalue weighted by Crippen LogP contribution is -2.08. The van der Waals surface area contributed by atoms with Crippen LogP contribution in [0.4, 0.5) is 11.4 Å². The van der Waals surface area contributed by atoms with Gasteiger partial charge in [0.15, 0.2) is 0 Å². The van der Waals surface area contributed by atoms with Crippen LogP contribution in [0.3, 0.4) is 0 Å². The highest BCUT2D eigenvalue weighted by Gasteiger charge is 2.14. The lowest BCUT2D eigenvalue weighted by molar-refractivity contribution is 0.0600. The number of benzene rings is 1. The van der Waals surface area contributed by atoms with E-state index in [2.05, 4.69) is 15.0 Å². The molecule has 20 heavy (non-hydrogen) atoms. The molecule has 0 saturated heterocycles. The molecule has 0 fully saturated rings. The van der Waals surface area contributed by atoms with Crippen molar-refractivity contribution in [2.24, 2.45) is 0 Å². The highest BCUT2D eigenvalue weighted by Crippen LogP contribution is 2.33. The number of carbonyl (C=O) groups is 1. The summed E-state index contributed by atoms with van der Waals surface area (Å²) in [5.74, 6) is 0.0492. The molecule has 0 aliphatic heterocycles. The number of nitrogens with two attached hydrogens (primary N) is 1. The zero-order valence-corrected chi connectivity index (χ0v) is 11.4. The van der Waals surface area contributed by atoms with Crippen molar-refractivity contribution in [2.75, 3.05) is 25.3 Å². The third kappa shape index (κ3) is 2.85. The normalized spacial score (nSPS) is 10.1. The van der Waals surface area contributed by atoms with E-state index >= 15 is 0 Å². The predicted molar refractivity (Wildman–Crippen MR) is 76.9 cm³/mol. The van der Waals surface area contributed by atoms with E-state index < -0.39 is 5.97 Å². The van der Waals surface area contributed by atoms with Crippen molar-refractivity contribution < 1.29 is 14.3 Å². The van der Waals surface area contributed by atoms with E-state index in [1.165, 1.54) is 14.2 Å². The molecule has 1 aromatic carbocycles. The summed E-state index contributed by atoms with van der Waals surface area (Å²) in [5, 5.41) is 3.20. The maximum absolute atomic E-state index is 11.5. The van der Waals surface area contributed by atoms with Crippen LogP contribution in [-0.4, -0.2) is 25.2 Å². The van der Waals surface area contributed by atoms with Gasteiger partial charge in [0, 0.05) is 18.9 Å². The van der Waals surface area contributed by atoms with Crippen molar-refractivity contribution in [1.82, 2.24) is 4.98 Å². The van der Waals surface area contributed by atoms with Crippen LogP contribution in [-0.2, 0) is 11.3 Å². The minimum Gasteiger partial charge on any atom is -0.494 e. The number of hydrogen-bond acceptors (Lipinski definition) is 5. The van der Waals surface area contributed by atoms with Gasteiger partial charge >= 0.3 is 5.97 Å². The molecule has 4 N–H and O–H groups in total. The van der Waals surface area contributed by atoms with E-state index in [1.807, 2.05) is 18.5 Å². The van der Waals surface area contributed by atoms with Crippen LogP contribution in [0.2, 0.25) is 0 Å². The van der Waals surface area contributed by atoms with Gasteiger partial charge in [0.05, 0.1) is 25.5 Å². The number of aromatic nitrogens is 1. The van der Waals surface area contributed by atoms with E-state index in [-0.39, 0.29) is 0 Å². The molecule has 2 rings (SSSR count). The van der Waals surface area contributed by atoms with Crippen LogP contribution in [0.15, 0.2) is 30.6 Å². The van der Waals surface area contributed by atoms with Gasteiger partial charge in [-0.15, -0.1) is 0 Å². The van der Waals surface area contributed by atoms with Crippen molar-refractivity contribution in [3.05, 3.63) is 41.7 Å². The average Bonchev–Trinajstić information content (AvgIpc) is 2.97. The highest BCUT2D eigenvalue weighted by atomic mass is 16.5. The van der Waals surface area contributed by atoms with Crippen LogP contribution in [0, 0.1) is 0 Å². The van der Waals surface area contributed by atoms with Crippen LogP contribution >= 0.6 is 0 Å². The Bertz CT molecular complexity index is 594. The number of ether oxygens (including phenoxy) is 2. The van der Waals surface area contributed by atoms with Crippen molar-refractivity contribution in [2.45, 2.75) is 6.54 Å². The van der Waals surface area contributed by atoms with Crippen molar-refractivity contribution >= 4 is 17.3 Å². The summed E-state index contributed by atoms with van der Waals surface area (Å²) in [7, 11) is 2.85. The first kappa shape index (κ1) is 13.8. The average molecular weight is 275 g/mol. The number of carbonyl (C=O) groups excluding carboxylic acids is 1. The zero-order chi connectivity index (χ0) is 14.5. The summed E-state index contributed by atoms with van der Waals surface area (Å²) in [4.78, 5) is 14.5. The number of methoxy groups -OCH3 is 2. The highest BCUT2D eigenvalue weighted by molar-refractivity contribution is 5.93. The molecule has 2 aromatic rings. The summed E-state index contributed by atoms with van der Waals surface area (Å²) in [6.45, 7) is 0.599. The molecule has 6 heteroatoms. The monoisotopic (exact) mass is 275 g/mol. The van der Waals surface area contributed by atoms with Gasteiger partial charge in [0.2, 0.25) is 0 Å². The van der Waals surface area contributed by atoms with E-state index in [0.29, 0.717) is 29.2 Å². The Labute approximate surface area is 116 Å². The van der Waals surface area contributed by atoms with Gasteiger partial charge in [-0.1, -0.05) is 0 Å². The minimum atomic E-state index is -0.452. The molecule has 1 aromatic heterocycles. The number of hydrogen-bond donors (Lipinski definition) is 3. The molecule has 0 bridgehead atoms. The fourth-order valence-electron chi connectivity index (χ4n) is 1.88. The zero-order valence-electron chi connectivity index (χ0n) is 11.4. The molecular weight excluding hydrogens is 258 g/mol. The predicted octanol–water partition coefficient (Wildman–Crippen LogP) is 2.00. The Morgan fingerprint density at radius 3 is 2.80 bits per heavy atom. The Balaban J connectivity index is 2.25. The number of nitrogen functional groups attached to an aromatic ring is 1. The quantitative estimate of drug-likeness (QED) is 0.573. The summed E-state index contributed by atoms with van der Waals surface area (Å²) >= 11 is 0. The van der Waals surface area contributed by atoms with Gasteiger partial charge < -0.3 is 25.5 Å². The minimum absolute atomic E-state index is 0.356. The number of H-pyrrole nitrogens is 1. The van der Waals surface area contributed by atoms with Crippen LogP contribution in [0.1, 0.15) is 15.9 Å². The number of rotatable bonds is 5. The standard InChI is InChI=1S/C14H17N3O3/c1-19-12-6-10(14(18)20-2)5-11(15)13(12)17-8-9-3-4-16-7-9/h3-7,16-17H,8,15H2,1-2H3. The van der Waals surface area contributed by atoms with E-state index in [9.17, 15) is 4.79 Å². The molecule has 0 spiro atoms. The van der Waals surface area contributed by atoms with E-state index in [1.54, 1.807) is 12.1 Å². The second-order valence-corrected chi connectivity index (χ2v) is 4.21. The number of nitrogens with one attached hydrogen (secondary N) is 2. The molecule has 0 atom stereocenters. The number of esters is 1. The van der Waals surface area contributed by atoms with Gasteiger partial charge in [0.25, 0.3) is 0 Å². The van der Waals surface area contributed by atoms with Gasteiger partial charge in [-0.25, -0.2) is 4.79 Å². The first-order chi connectivity index (χ1) is 9.65. The summed E-state index contributed by atoms with van der Waals surface area (Å²) in [6.07, 6.45) is 3.73. The Hall–Kier alpha value is -2.63. The van der Waals surface area contributed by atoms with Crippen molar-refractivity contribution in [3.63, 3.8) is 0 Å². The number of anilines is 2. The van der Waals surface area contributed by atoms with E-state index in [4.69, 9.17) is 10.5 Å². The first-order valence-electron chi connectivity index (χ1n) is 6.07. The molecule has 0 saturated carbocycles. The maximum atomic E-state index is 11.5. The topological polar surface area (TPSA) is 89.4 Å². The lowest BCUT2D eigenvalue weighted by atomic mass is 10.1. The summed E-state index contributed by atoms with van der Waals surface area (Å²) in [5.41, 5.74) is 8.50. The van der Waals surface area contributed by atoms with Crippen molar-refractivity contribution in [3.8, 4) is 5.75 Å². The smallest absolute Gasteiger partial charge is 0.338 e. The van der Waals surface area contributed by atoms with Gasteiger partial charge in [-0.05, 0) is 23.8 Å². The summed E-state index contributed by atoms with van der Waals surface area (Å²) in [6, 6.07) is 5.12. The fourth-order valence-corrected chi connectivity index (χ4v) is 1.88. The third-order valence-electron chi connectivity index (χ3n) is 2.91. The molecule has 0 aliphatic rings. The van der Waals surface area contributed by atoms with Gasteiger partial charge in [-0.2, -0.15) is 0 Å². The number of aromatic amines is 1. The molecule has 0 unspecified atom stereocenters. The van der Waals surface area contributed by atoms with Crippen molar-refractivity contribution in [1.29, 1.82) is 0 Å². The molecule has 0 aliphatic carbocycles. The van der Waals surface area contributed by atoms with Gasteiger partial charge in [0.1, 0.15) is 11.4 Å². The molecule has 0 amide bonds. The Morgan fingerprint density at radius 2 is 2.20 bits per heavy atom. The molecular formula is C14H17N3O3. The second-order valence-electron chi connectivity index (χ2n) is 4.21. The summed E-state index contributed by atoms with van der Waals surface area (Å²) < 4.78 is 9.95. The fraction of sp³-hybridized carbons (Fsp3) is 0.214.